The van der Waals surface area contributed by atoms with Gasteiger partial charge in [0.25, 0.3) is 0 Å². The lowest BCUT2D eigenvalue weighted by Gasteiger charge is -2.39. The Kier molecular flexibility index (Phi) is 6.86. The summed E-state index contributed by atoms with van der Waals surface area (Å²) in [5.74, 6) is 2.43. The normalized spacial score (nSPS) is 23.8. The fourth-order valence-corrected chi connectivity index (χ4v) is 6.21. The molecule has 0 radical (unpaired) electrons. The van der Waals surface area contributed by atoms with Gasteiger partial charge in [-0.25, -0.2) is 9.78 Å². The van der Waals surface area contributed by atoms with Crippen LogP contribution in [0.25, 0.3) is 6.08 Å². The number of halogens is 1. The van der Waals surface area contributed by atoms with Gasteiger partial charge < -0.3 is 9.47 Å². The van der Waals surface area contributed by atoms with Gasteiger partial charge in [0.05, 0.1) is 4.58 Å². The Hall–Kier alpha value is -1.21. The van der Waals surface area contributed by atoms with E-state index in [9.17, 15) is 4.79 Å². The van der Waals surface area contributed by atoms with Gasteiger partial charge in [-0.15, -0.1) is 23.5 Å². The van der Waals surface area contributed by atoms with Crippen molar-refractivity contribution in [3.63, 3.8) is 0 Å². The number of pyridine rings is 1. The number of ether oxygens (including phenoxy) is 2. The predicted octanol–water partition coefficient (Wildman–Crippen LogP) is 4.72. The monoisotopic (exact) mass is 409 g/mol. The van der Waals surface area contributed by atoms with E-state index in [-0.39, 0.29) is 5.60 Å². The zero-order chi connectivity index (χ0) is 18.4. The smallest absolute Gasteiger partial charge is 0.336 e. The fourth-order valence-electron chi connectivity index (χ4n) is 2.72. The van der Waals surface area contributed by atoms with Gasteiger partial charge in [0.1, 0.15) is 16.5 Å². The highest BCUT2D eigenvalue weighted by Gasteiger charge is 2.39. The summed E-state index contributed by atoms with van der Waals surface area (Å²) >= 11 is 9.70. The van der Waals surface area contributed by atoms with Gasteiger partial charge in [0, 0.05) is 25.8 Å². The van der Waals surface area contributed by atoms with Crippen LogP contribution in [0.4, 0.5) is 0 Å². The van der Waals surface area contributed by atoms with Crippen LogP contribution in [0.1, 0.15) is 18.4 Å². The van der Waals surface area contributed by atoms with Crippen molar-refractivity contribution in [2.24, 2.45) is 0 Å². The SMILES string of the molecule is COC1(C2SCCCS2)C=CC(OC(=O)/C=C/c2ccnc(Cl)c2)=CC1. The molecule has 2 heterocycles. The van der Waals surface area contributed by atoms with Crippen LogP contribution in [-0.2, 0) is 14.3 Å². The number of carbonyl (C=O) groups is 1. The second-order valence-corrected chi connectivity index (χ2v) is 9.01. The highest BCUT2D eigenvalue weighted by molar-refractivity contribution is 8.17. The van der Waals surface area contributed by atoms with Crippen molar-refractivity contribution >= 4 is 47.2 Å². The lowest BCUT2D eigenvalue weighted by molar-refractivity contribution is -0.133. The molecule has 0 amide bonds. The summed E-state index contributed by atoms with van der Waals surface area (Å²) in [6.07, 6.45) is 12.3. The van der Waals surface area contributed by atoms with E-state index >= 15 is 0 Å². The molecule has 1 aromatic rings. The first-order valence-corrected chi connectivity index (χ1v) is 10.8. The van der Waals surface area contributed by atoms with E-state index < -0.39 is 5.97 Å². The van der Waals surface area contributed by atoms with Gasteiger partial charge in [-0.3, -0.25) is 0 Å². The number of carbonyl (C=O) groups excluding carboxylic acids is 1. The van der Waals surface area contributed by atoms with Gasteiger partial charge in [-0.2, -0.15) is 0 Å². The average Bonchev–Trinajstić information content (AvgIpc) is 2.68. The van der Waals surface area contributed by atoms with E-state index in [1.165, 1.54) is 12.5 Å². The van der Waals surface area contributed by atoms with E-state index in [2.05, 4.69) is 4.98 Å². The van der Waals surface area contributed by atoms with E-state index in [0.29, 0.717) is 21.9 Å². The molecule has 1 aliphatic heterocycles. The third kappa shape index (κ3) is 4.94. The minimum Gasteiger partial charge on any atom is -0.424 e. The maximum atomic E-state index is 12.0. The summed E-state index contributed by atoms with van der Waals surface area (Å²) < 4.78 is 11.6. The summed E-state index contributed by atoms with van der Waals surface area (Å²) in [5, 5.41) is 0.382. The molecule has 0 aromatic carbocycles. The highest BCUT2D eigenvalue weighted by atomic mass is 35.5. The molecule has 1 saturated heterocycles. The summed E-state index contributed by atoms with van der Waals surface area (Å²) in [6, 6.07) is 3.44. The molecule has 1 fully saturated rings. The molecule has 3 rings (SSSR count). The molecule has 1 aromatic heterocycles. The topological polar surface area (TPSA) is 48.4 Å². The van der Waals surface area contributed by atoms with Gasteiger partial charge in [0.2, 0.25) is 0 Å². The Labute approximate surface area is 167 Å². The molecule has 2 aliphatic rings. The van der Waals surface area contributed by atoms with Gasteiger partial charge in [-0.1, -0.05) is 11.6 Å². The van der Waals surface area contributed by atoms with E-state index in [0.717, 1.165) is 17.1 Å². The van der Waals surface area contributed by atoms with Crippen LogP contribution >= 0.6 is 35.1 Å². The van der Waals surface area contributed by atoms with Crippen molar-refractivity contribution in [3.8, 4) is 0 Å². The molecule has 0 saturated carbocycles. The predicted molar refractivity (Wildman–Crippen MR) is 109 cm³/mol. The van der Waals surface area contributed by atoms with Crippen LogP contribution in [0.2, 0.25) is 5.15 Å². The molecular formula is C19H20ClNO3S2. The number of aromatic nitrogens is 1. The number of esters is 1. The largest absolute Gasteiger partial charge is 0.424 e. The van der Waals surface area contributed by atoms with Crippen LogP contribution in [0.15, 0.2) is 48.4 Å². The fraction of sp³-hybridized carbons (Fsp3) is 0.368. The Morgan fingerprint density at radius 1 is 1.42 bits per heavy atom. The molecule has 4 nitrogen and oxygen atoms in total. The van der Waals surface area contributed by atoms with Crippen molar-refractivity contribution < 1.29 is 14.3 Å². The third-order valence-electron chi connectivity index (χ3n) is 4.14. The zero-order valence-corrected chi connectivity index (χ0v) is 16.8. The molecule has 1 atom stereocenters. The first kappa shape index (κ1) is 19.5. The molecule has 0 spiro atoms. The number of nitrogens with zero attached hydrogens (tertiary/aromatic N) is 1. The van der Waals surface area contributed by atoms with Crippen LogP contribution in [0, 0.1) is 0 Å². The highest BCUT2D eigenvalue weighted by Crippen LogP contribution is 2.44. The Morgan fingerprint density at radius 2 is 2.23 bits per heavy atom. The summed E-state index contributed by atoms with van der Waals surface area (Å²) in [5.41, 5.74) is 0.454. The van der Waals surface area contributed by atoms with Crippen molar-refractivity contribution in [2.75, 3.05) is 18.6 Å². The lowest BCUT2D eigenvalue weighted by Crippen LogP contribution is -2.41. The first-order chi connectivity index (χ1) is 12.6. The molecule has 26 heavy (non-hydrogen) atoms. The summed E-state index contributed by atoms with van der Waals surface area (Å²) in [7, 11) is 1.74. The quantitative estimate of drug-likeness (QED) is 0.398. The Morgan fingerprint density at radius 3 is 2.88 bits per heavy atom. The molecule has 0 bridgehead atoms. The number of allylic oxidation sites excluding steroid dienone is 1. The minimum atomic E-state index is -0.430. The minimum absolute atomic E-state index is 0.338. The number of hydrogen-bond acceptors (Lipinski definition) is 6. The Balaban J connectivity index is 1.58. The molecule has 138 valence electrons. The van der Waals surface area contributed by atoms with Crippen molar-refractivity contribution in [3.05, 3.63) is 59.1 Å². The number of methoxy groups -OCH3 is 1. The van der Waals surface area contributed by atoms with E-state index in [1.807, 2.05) is 41.8 Å². The van der Waals surface area contributed by atoms with Crippen LogP contribution in [0.3, 0.4) is 0 Å². The maximum Gasteiger partial charge on any atom is 0.336 e. The molecular weight excluding hydrogens is 390 g/mol. The van der Waals surface area contributed by atoms with Gasteiger partial charge in [-0.05, 0) is 59.9 Å². The number of hydrogen-bond donors (Lipinski definition) is 0. The van der Waals surface area contributed by atoms with Gasteiger partial charge in [0.15, 0.2) is 0 Å². The first-order valence-electron chi connectivity index (χ1n) is 8.30. The summed E-state index contributed by atoms with van der Waals surface area (Å²) in [4.78, 5) is 15.9. The number of thioether (sulfide) groups is 2. The molecule has 7 heteroatoms. The van der Waals surface area contributed by atoms with E-state index in [4.69, 9.17) is 21.1 Å². The van der Waals surface area contributed by atoms with E-state index in [1.54, 1.807) is 31.5 Å². The van der Waals surface area contributed by atoms with Crippen LogP contribution in [-0.4, -0.2) is 39.8 Å². The van der Waals surface area contributed by atoms with Crippen molar-refractivity contribution in [1.82, 2.24) is 4.98 Å². The van der Waals surface area contributed by atoms with Crippen molar-refractivity contribution in [1.29, 1.82) is 0 Å². The molecule has 0 N–H and O–H groups in total. The van der Waals surface area contributed by atoms with Crippen LogP contribution < -0.4 is 0 Å². The van der Waals surface area contributed by atoms with Crippen molar-refractivity contribution in [2.45, 2.75) is 23.0 Å². The van der Waals surface area contributed by atoms with Gasteiger partial charge >= 0.3 is 5.97 Å². The molecule has 1 aliphatic carbocycles. The second kappa shape index (κ2) is 9.13. The van der Waals surface area contributed by atoms with Crippen LogP contribution in [0.5, 0.6) is 0 Å². The standard InChI is InChI=1S/C19H20ClNO3S2/c1-23-19(18-25-11-2-12-26-18)8-5-15(6-9-19)24-17(22)4-3-14-7-10-21-16(20)13-14/h3-8,10,13,18H,2,9,11-12H2,1H3/b4-3+. The Bertz CT molecular complexity index is 744. The third-order valence-corrected chi connectivity index (χ3v) is 7.61. The number of rotatable bonds is 5. The zero-order valence-electron chi connectivity index (χ0n) is 14.4. The molecule has 1 unspecified atom stereocenters. The summed E-state index contributed by atoms with van der Waals surface area (Å²) in [6.45, 7) is 0. The average molecular weight is 410 g/mol. The maximum absolute atomic E-state index is 12.0. The second-order valence-electron chi connectivity index (χ2n) is 5.90. The lowest BCUT2D eigenvalue weighted by atomic mass is 9.96.